The number of pyridine rings is 2. The van der Waals surface area contributed by atoms with E-state index in [9.17, 15) is 5.11 Å². The maximum atomic E-state index is 9.73. The van der Waals surface area contributed by atoms with E-state index in [1.54, 1.807) is 24.5 Å². The Hall–Kier alpha value is -3.40. The Balaban J connectivity index is 1.77. The summed E-state index contributed by atoms with van der Waals surface area (Å²) >= 11 is 0. The first kappa shape index (κ1) is 15.1. The highest BCUT2D eigenvalue weighted by Gasteiger charge is 2.07. The van der Waals surface area contributed by atoms with E-state index in [1.807, 2.05) is 37.4 Å². The molecule has 0 aliphatic carbocycles. The number of aromatic hydroxyl groups is 1. The summed E-state index contributed by atoms with van der Waals surface area (Å²) in [7, 11) is 0. The molecule has 2 aromatic heterocycles. The Morgan fingerprint density at radius 3 is 2.64 bits per heavy atom. The molecule has 0 saturated heterocycles. The van der Waals surface area contributed by atoms with Gasteiger partial charge in [0.05, 0.1) is 5.52 Å². The number of phenols is 1. The van der Waals surface area contributed by atoms with Gasteiger partial charge >= 0.3 is 0 Å². The molecular weight excluding hydrogens is 310 g/mol. The first-order chi connectivity index (χ1) is 12.2. The van der Waals surface area contributed by atoms with Crippen molar-refractivity contribution in [1.29, 1.82) is 0 Å². The van der Waals surface area contributed by atoms with Crippen LogP contribution < -0.4 is 5.32 Å². The predicted molar refractivity (Wildman–Crippen MR) is 101 cm³/mol. The number of nitrogens with one attached hydrogen (secondary N) is 1. The number of aryl methyl sites for hydroxylation is 1. The van der Waals surface area contributed by atoms with Gasteiger partial charge in [0.15, 0.2) is 0 Å². The molecule has 4 rings (SSSR count). The van der Waals surface area contributed by atoms with Crippen LogP contribution in [0.3, 0.4) is 0 Å². The molecule has 0 fully saturated rings. The van der Waals surface area contributed by atoms with Gasteiger partial charge in [0, 0.05) is 47.0 Å². The van der Waals surface area contributed by atoms with E-state index in [4.69, 9.17) is 0 Å². The van der Waals surface area contributed by atoms with Crippen LogP contribution in [-0.4, -0.2) is 15.1 Å². The second kappa shape index (κ2) is 6.24. The molecule has 4 nitrogen and oxygen atoms in total. The Kier molecular flexibility index (Phi) is 3.78. The minimum absolute atomic E-state index is 0.241. The topological polar surface area (TPSA) is 58.0 Å². The molecular formula is C21H17N3O. The van der Waals surface area contributed by atoms with Crippen molar-refractivity contribution in [2.75, 3.05) is 5.32 Å². The first-order valence-electron chi connectivity index (χ1n) is 8.06. The molecule has 0 aliphatic rings. The van der Waals surface area contributed by atoms with Crippen LogP contribution in [0.5, 0.6) is 5.75 Å². The van der Waals surface area contributed by atoms with E-state index in [0.717, 1.165) is 39.0 Å². The smallest absolute Gasteiger partial charge is 0.117 e. The van der Waals surface area contributed by atoms with Crippen LogP contribution in [0.2, 0.25) is 0 Å². The van der Waals surface area contributed by atoms with Gasteiger partial charge in [-0.2, -0.15) is 0 Å². The van der Waals surface area contributed by atoms with Gasteiger partial charge in [-0.3, -0.25) is 9.97 Å². The minimum Gasteiger partial charge on any atom is -0.508 e. The molecule has 0 bridgehead atoms. The average molecular weight is 327 g/mol. The third kappa shape index (κ3) is 3.02. The highest BCUT2D eigenvalue weighted by atomic mass is 16.3. The maximum Gasteiger partial charge on any atom is 0.117 e. The van der Waals surface area contributed by atoms with Gasteiger partial charge in [-0.15, -0.1) is 0 Å². The lowest BCUT2D eigenvalue weighted by molar-refractivity contribution is 0.475. The minimum atomic E-state index is 0.241. The fourth-order valence-corrected chi connectivity index (χ4v) is 2.86. The fraction of sp³-hybridized carbons (Fsp3) is 0.0476. The van der Waals surface area contributed by atoms with Crippen molar-refractivity contribution in [2.45, 2.75) is 6.92 Å². The summed E-state index contributed by atoms with van der Waals surface area (Å²) in [6, 6.07) is 17.4. The average Bonchev–Trinajstić information content (AvgIpc) is 2.65. The summed E-state index contributed by atoms with van der Waals surface area (Å²) in [5.74, 6) is 0.241. The SMILES string of the molecule is Cc1ccc(O)cc1Nc1ccnc2cc(-c3cccnc3)ccc12. The second-order valence-electron chi connectivity index (χ2n) is 5.96. The molecule has 4 aromatic rings. The normalized spacial score (nSPS) is 10.8. The quantitative estimate of drug-likeness (QED) is 0.552. The highest BCUT2D eigenvalue weighted by Crippen LogP contribution is 2.31. The number of hydrogen-bond acceptors (Lipinski definition) is 4. The Morgan fingerprint density at radius 1 is 0.880 bits per heavy atom. The number of anilines is 2. The number of benzene rings is 2. The number of hydrogen-bond donors (Lipinski definition) is 2. The van der Waals surface area contributed by atoms with E-state index in [2.05, 4.69) is 33.5 Å². The Labute approximate surface area is 145 Å². The Bertz CT molecular complexity index is 1050. The molecule has 0 unspecified atom stereocenters. The highest BCUT2D eigenvalue weighted by molar-refractivity contribution is 5.95. The van der Waals surface area contributed by atoms with E-state index < -0.39 is 0 Å². The largest absolute Gasteiger partial charge is 0.508 e. The van der Waals surface area contributed by atoms with Crippen LogP contribution in [0, 0.1) is 6.92 Å². The van der Waals surface area contributed by atoms with Gasteiger partial charge in [0.2, 0.25) is 0 Å². The zero-order valence-electron chi connectivity index (χ0n) is 13.8. The van der Waals surface area contributed by atoms with Gasteiger partial charge in [-0.1, -0.05) is 24.3 Å². The van der Waals surface area contributed by atoms with Crippen LogP contribution in [0.25, 0.3) is 22.0 Å². The molecule has 0 radical (unpaired) electrons. The molecule has 4 heteroatoms. The fourth-order valence-electron chi connectivity index (χ4n) is 2.86. The van der Waals surface area contributed by atoms with Crippen molar-refractivity contribution in [1.82, 2.24) is 9.97 Å². The molecule has 2 N–H and O–H groups in total. The molecule has 0 spiro atoms. The summed E-state index contributed by atoms with van der Waals surface area (Å²) in [6.45, 7) is 2.01. The van der Waals surface area contributed by atoms with Crippen LogP contribution in [-0.2, 0) is 0 Å². The molecule has 0 aliphatic heterocycles. The van der Waals surface area contributed by atoms with Crippen LogP contribution in [0.15, 0.2) is 73.2 Å². The van der Waals surface area contributed by atoms with Crippen molar-refractivity contribution in [3.8, 4) is 16.9 Å². The van der Waals surface area contributed by atoms with Gasteiger partial charge in [0.25, 0.3) is 0 Å². The lowest BCUT2D eigenvalue weighted by atomic mass is 10.0. The third-order valence-corrected chi connectivity index (χ3v) is 4.23. The molecule has 0 saturated carbocycles. The Morgan fingerprint density at radius 2 is 1.80 bits per heavy atom. The number of phenolic OH excluding ortho intramolecular Hbond substituents is 1. The van der Waals surface area contributed by atoms with Crippen molar-refractivity contribution in [3.05, 3.63) is 78.8 Å². The van der Waals surface area contributed by atoms with Gasteiger partial charge in [-0.25, -0.2) is 0 Å². The molecule has 122 valence electrons. The van der Waals surface area contributed by atoms with E-state index in [1.165, 1.54) is 0 Å². The molecule has 2 aromatic carbocycles. The van der Waals surface area contributed by atoms with E-state index in [0.29, 0.717) is 0 Å². The summed E-state index contributed by atoms with van der Waals surface area (Å²) in [6.07, 6.45) is 5.40. The first-order valence-corrected chi connectivity index (χ1v) is 8.06. The number of rotatable bonds is 3. The zero-order valence-corrected chi connectivity index (χ0v) is 13.8. The van der Waals surface area contributed by atoms with Crippen LogP contribution in [0.1, 0.15) is 5.56 Å². The van der Waals surface area contributed by atoms with Crippen LogP contribution in [0.4, 0.5) is 11.4 Å². The second-order valence-corrected chi connectivity index (χ2v) is 5.96. The van der Waals surface area contributed by atoms with Crippen LogP contribution >= 0.6 is 0 Å². The lowest BCUT2D eigenvalue weighted by Crippen LogP contribution is -1.95. The van der Waals surface area contributed by atoms with Crippen molar-refractivity contribution in [3.63, 3.8) is 0 Å². The monoisotopic (exact) mass is 327 g/mol. The number of nitrogens with zero attached hydrogens (tertiary/aromatic N) is 2. The lowest BCUT2D eigenvalue weighted by Gasteiger charge is -2.13. The predicted octanol–water partition coefficient (Wildman–Crippen LogP) is 5.05. The van der Waals surface area contributed by atoms with Gasteiger partial charge in [0.1, 0.15) is 5.75 Å². The molecule has 25 heavy (non-hydrogen) atoms. The zero-order chi connectivity index (χ0) is 17.2. The molecule has 0 amide bonds. The van der Waals surface area contributed by atoms with E-state index in [-0.39, 0.29) is 5.75 Å². The molecule has 2 heterocycles. The summed E-state index contributed by atoms with van der Waals surface area (Å²) in [4.78, 5) is 8.68. The number of fused-ring (bicyclic) bond motifs is 1. The maximum absolute atomic E-state index is 9.73. The summed E-state index contributed by atoms with van der Waals surface area (Å²) in [5.41, 5.74) is 5.95. The standard InChI is InChI=1S/C21H17N3O/c1-14-4-6-17(25)12-20(14)24-19-8-10-23-21-11-15(5-7-18(19)21)16-3-2-9-22-13-16/h2-13,25H,1H3,(H,23,24). The number of aromatic nitrogens is 2. The van der Waals surface area contributed by atoms with Crippen molar-refractivity contribution < 1.29 is 5.11 Å². The molecule has 0 atom stereocenters. The third-order valence-electron chi connectivity index (χ3n) is 4.23. The van der Waals surface area contributed by atoms with E-state index >= 15 is 0 Å². The van der Waals surface area contributed by atoms with Crippen molar-refractivity contribution >= 4 is 22.3 Å². The van der Waals surface area contributed by atoms with Gasteiger partial charge in [-0.05, 0) is 42.3 Å². The summed E-state index contributed by atoms with van der Waals surface area (Å²) < 4.78 is 0. The van der Waals surface area contributed by atoms with Gasteiger partial charge < -0.3 is 10.4 Å². The summed E-state index contributed by atoms with van der Waals surface area (Å²) in [5, 5.41) is 14.2. The van der Waals surface area contributed by atoms with Crippen molar-refractivity contribution in [2.24, 2.45) is 0 Å².